The van der Waals surface area contributed by atoms with E-state index in [0.717, 1.165) is 24.6 Å². The standard InChI is InChI=1S/C22H22F3N5O3/c1-29(22(4-5-22)10-33-2)21(32)19-12-9-30(6-3-15(12)27-28-19)20(31)16-7-11-17(25)13(23)8-14(24)18(11)26-16/h7-8,26H,3-6,9-10H2,1-2H3,(H,27,28). The molecule has 0 spiro atoms. The van der Waals surface area contributed by atoms with Crippen LogP contribution in [0.4, 0.5) is 13.2 Å². The number of nitrogens with zero attached hydrogens (tertiary/aromatic N) is 3. The number of aromatic amines is 2. The predicted molar refractivity (Wildman–Crippen MR) is 111 cm³/mol. The minimum absolute atomic E-state index is 0.0673. The molecule has 5 rings (SSSR count). The molecule has 1 aliphatic heterocycles. The number of benzene rings is 1. The van der Waals surface area contributed by atoms with Crippen LogP contribution in [0.1, 0.15) is 45.1 Å². The number of amides is 2. The Morgan fingerprint density at radius 2 is 2.00 bits per heavy atom. The summed E-state index contributed by atoms with van der Waals surface area (Å²) in [4.78, 5) is 31.9. The molecule has 174 valence electrons. The zero-order valence-electron chi connectivity index (χ0n) is 18.1. The molecular weight excluding hydrogens is 439 g/mol. The molecule has 1 aliphatic carbocycles. The number of methoxy groups -OCH3 is 1. The van der Waals surface area contributed by atoms with E-state index in [9.17, 15) is 22.8 Å². The smallest absolute Gasteiger partial charge is 0.274 e. The summed E-state index contributed by atoms with van der Waals surface area (Å²) in [5, 5.41) is 6.77. The Bertz CT molecular complexity index is 1280. The summed E-state index contributed by atoms with van der Waals surface area (Å²) in [6.07, 6.45) is 2.12. The molecular formula is C22H22F3N5O3. The van der Waals surface area contributed by atoms with Crippen LogP contribution in [-0.2, 0) is 17.7 Å². The second-order valence-electron chi connectivity index (χ2n) is 8.65. The van der Waals surface area contributed by atoms with E-state index in [2.05, 4.69) is 15.2 Å². The number of hydrogen-bond donors (Lipinski definition) is 2. The van der Waals surface area contributed by atoms with Gasteiger partial charge in [-0.3, -0.25) is 14.7 Å². The van der Waals surface area contributed by atoms with Gasteiger partial charge in [0.2, 0.25) is 0 Å². The van der Waals surface area contributed by atoms with Gasteiger partial charge in [-0.2, -0.15) is 5.10 Å². The molecule has 1 fully saturated rings. The van der Waals surface area contributed by atoms with E-state index < -0.39 is 23.4 Å². The van der Waals surface area contributed by atoms with Gasteiger partial charge in [0, 0.05) is 49.8 Å². The van der Waals surface area contributed by atoms with Crippen LogP contribution in [0.15, 0.2) is 12.1 Å². The lowest BCUT2D eigenvalue weighted by Gasteiger charge is -2.29. The van der Waals surface area contributed by atoms with Gasteiger partial charge in [-0.15, -0.1) is 0 Å². The lowest BCUT2D eigenvalue weighted by Crippen LogP contribution is -2.43. The number of likely N-dealkylation sites (N-methyl/N-ethyl adjacent to an activating group) is 1. The third-order valence-corrected chi connectivity index (χ3v) is 6.67. The Kier molecular flexibility index (Phi) is 4.96. The molecule has 3 aromatic rings. The highest BCUT2D eigenvalue weighted by Gasteiger charge is 2.49. The number of aromatic nitrogens is 3. The van der Waals surface area contributed by atoms with Gasteiger partial charge in [-0.1, -0.05) is 0 Å². The SMILES string of the molecule is COCC1(N(C)C(=O)c2n[nH]c3c2CN(C(=O)c2cc4c(F)c(F)cc(F)c4[nH]2)CC3)CC1. The first-order valence-corrected chi connectivity index (χ1v) is 10.5. The number of hydrogen-bond acceptors (Lipinski definition) is 4. The second kappa shape index (κ2) is 7.62. The molecule has 8 nitrogen and oxygen atoms in total. The summed E-state index contributed by atoms with van der Waals surface area (Å²) in [5.41, 5.74) is 0.937. The summed E-state index contributed by atoms with van der Waals surface area (Å²) >= 11 is 0. The predicted octanol–water partition coefficient (Wildman–Crippen LogP) is 2.76. The maximum absolute atomic E-state index is 14.1. The summed E-state index contributed by atoms with van der Waals surface area (Å²) in [6.45, 7) is 0.853. The van der Waals surface area contributed by atoms with Crippen LogP contribution in [0, 0.1) is 17.5 Å². The third kappa shape index (κ3) is 3.38. The highest BCUT2D eigenvalue weighted by atomic mass is 19.2. The first-order chi connectivity index (χ1) is 15.8. The summed E-state index contributed by atoms with van der Waals surface area (Å²) in [5.74, 6) is -4.31. The molecule has 0 atom stereocenters. The van der Waals surface area contributed by atoms with Crippen molar-refractivity contribution in [1.82, 2.24) is 25.0 Å². The van der Waals surface area contributed by atoms with E-state index in [0.29, 0.717) is 31.2 Å². The number of nitrogens with one attached hydrogen (secondary N) is 2. The van der Waals surface area contributed by atoms with Crippen LogP contribution < -0.4 is 0 Å². The topological polar surface area (TPSA) is 94.3 Å². The van der Waals surface area contributed by atoms with Gasteiger partial charge in [0.1, 0.15) is 11.5 Å². The van der Waals surface area contributed by atoms with Crippen LogP contribution in [0.2, 0.25) is 0 Å². The first kappa shape index (κ1) is 21.5. The summed E-state index contributed by atoms with van der Waals surface area (Å²) in [6, 6.07) is 1.54. The maximum atomic E-state index is 14.1. The number of halogens is 3. The van der Waals surface area contributed by atoms with E-state index in [-0.39, 0.29) is 40.3 Å². The first-order valence-electron chi connectivity index (χ1n) is 10.5. The molecule has 2 aromatic heterocycles. The molecule has 0 radical (unpaired) electrons. The molecule has 1 saturated carbocycles. The van der Waals surface area contributed by atoms with E-state index in [4.69, 9.17) is 4.74 Å². The van der Waals surface area contributed by atoms with Crippen molar-refractivity contribution in [1.29, 1.82) is 0 Å². The van der Waals surface area contributed by atoms with Gasteiger partial charge >= 0.3 is 0 Å². The van der Waals surface area contributed by atoms with Gasteiger partial charge < -0.3 is 19.5 Å². The molecule has 0 unspecified atom stereocenters. The lowest BCUT2D eigenvalue weighted by molar-refractivity contribution is 0.0541. The summed E-state index contributed by atoms with van der Waals surface area (Å²) < 4.78 is 46.9. The van der Waals surface area contributed by atoms with Crippen molar-refractivity contribution in [2.24, 2.45) is 0 Å². The molecule has 2 amide bonds. The van der Waals surface area contributed by atoms with Gasteiger partial charge in [-0.05, 0) is 18.9 Å². The lowest BCUT2D eigenvalue weighted by atomic mass is 10.0. The van der Waals surface area contributed by atoms with Crippen LogP contribution >= 0.6 is 0 Å². The Balaban J connectivity index is 1.41. The van der Waals surface area contributed by atoms with Crippen molar-refractivity contribution < 1.29 is 27.5 Å². The zero-order chi connectivity index (χ0) is 23.5. The molecule has 33 heavy (non-hydrogen) atoms. The molecule has 2 N–H and O–H groups in total. The fraction of sp³-hybridized carbons (Fsp3) is 0.409. The van der Waals surface area contributed by atoms with Crippen molar-refractivity contribution in [3.05, 3.63) is 52.2 Å². The zero-order valence-corrected chi connectivity index (χ0v) is 18.1. The number of carbonyl (C=O) groups excluding carboxylic acids is 2. The minimum atomic E-state index is -1.33. The highest BCUT2D eigenvalue weighted by Crippen LogP contribution is 2.42. The van der Waals surface area contributed by atoms with Crippen LogP contribution in [0.25, 0.3) is 10.9 Å². The van der Waals surface area contributed by atoms with Crippen molar-refractivity contribution in [3.63, 3.8) is 0 Å². The molecule has 11 heteroatoms. The quantitative estimate of drug-likeness (QED) is 0.572. The van der Waals surface area contributed by atoms with E-state index in [1.165, 1.54) is 4.90 Å². The average Bonchev–Trinajstić information content (AvgIpc) is 3.26. The monoisotopic (exact) mass is 461 g/mol. The number of carbonyl (C=O) groups is 2. The highest BCUT2D eigenvalue weighted by molar-refractivity contribution is 5.99. The molecule has 0 saturated heterocycles. The second-order valence-corrected chi connectivity index (χ2v) is 8.65. The fourth-order valence-corrected chi connectivity index (χ4v) is 4.49. The number of H-pyrrole nitrogens is 2. The van der Waals surface area contributed by atoms with Crippen LogP contribution in [0.3, 0.4) is 0 Å². The van der Waals surface area contributed by atoms with Crippen molar-refractivity contribution in [2.75, 3.05) is 27.3 Å². The Hall–Kier alpha value is -3.34. The van der Waals surface area contributed by atoms with E-state index in [1.807, 2.05) is 0 Å². The number of fused-ring (bicyclic) bond motifs is 2. The largest absolute Gasteiger partial charge is 0.382 e. The average molecular weight is 461 g/mol. The van der Waals surface area contributed by atoms with Crippen molar-refractivity contribution >= 4 is 22.7 Å². The summed E-state index contributed by atoms with van der Waals surface area (Å²) in [7, 11) is 3.31. The van der Waals surface area contributed by atoms with E-state index in [1.54, 1.807) is 19.1 Å². The minimum Gasteiger partial charge on any atom is -0.382 e. The third-order valence-electron chi connectivity index (χ3n) is 6.67. The fourth-order valence-electron chi connectivity index (χ4n) is 4.49. The Labute approximate surface area is 186 Å². The maximum Gasteiger partial charge on any atom is 0.274 e. The van der Waals surface area contributed by atoms with Crippen molar-refractivity contribution in [3.8, 4) is 0 Å². The molecule has 3 heterocycles. The van der Waals surface area contributed by atoms with Crippen molar-refractivity contribution in [2.45, 2.75) is 31.3 Å². The molecule has 1 aromatic carbocycles. The molecule has 2 aliphatic rings. The van der Waals surface area contributed by atoms with E-state index >= 15 is 0 Å². The van der Waals surface area contributed by atoms with Crippen LogP contribution in [-0.4, -0.2) is 69.6 Å². The normalized spacial score (nSPS) is 16.7. The van der Waals surface area contributed by atoms with Crippen LogP contribution in [0.5, 0.6) is 0 Å². The van der Waals surface area contributed by atoms with Gasteiger partial charge in [0.25, 0.3) is 11.8 Å². The Morgan fingerprint density at radius 3 is 2.70 bits per heavy atom. The Morgan fingerprint density at radius 1 is 1.24 bits per heavy atom. The molecule has 0 bridgehead atoms. The number of rotatable bonds is 5. The van der Waals surface area contributed by atoms with Gasteiger partial charge in [-0.25, -0.2) is 13.2 Å². The van der Waals surface area contributed by atoms with Gasteiger partial charge in [0.15, 0.2) is 17.3 Å². The van der Waals surface area contributed by atoms with Gasteiger partial charge in [0.05, 0.1) is 24.2 Å². The number of ether oxygens (including phenoxy) is 1.